The summed E-state index contributed by atoms with van der Waals surface area (Å²) in [4.78, 5) is 29.4. The molecule has 0 aliphatic carbocycles. The molecule has 1 rings (SSSR count). The Morgan fingerprint density at radius 2 is 1.76 bits per heavy atom. The van der Waals surface area contributed by atoms with Crippen LogP contribution in [0.25, 0.3) is 0 Å². The summed E-state index contributed by atoms with van der Waals surface area (Å²) in [5, 5.41) is 8.29. The molecule has 17 heavy (non-hydrogen) atoms. The Kier molecular flexibility index (Phi) is 10.2. The molecule has 1 fully saturated rings. The van der Waals surface area contributed by atoms with Gasteiger partial charge in [0, 0.05) is 12.8 Å². The van der Waals surface area contributed by atoms with Gasteiger partial charge in [-0.25, -0.2) is 9.78 Å². The lowest BCUT2D eigenvalue weighted by atomic mass is 10.2. The van der Waals surface area contributed by atoms with Crippen molar-refractivity contribution in [1.29, 1.82) is 0 Å². The summed E-state index contributed by atoms with van der Waals surface area (Å²) in [6, 6.07) is 0. The molecule has 0 amide bonds. The average Bonchev–Trinajstić information content (AvgIpc) is 2.18. The highest BCUT2D eigenvalue weighted by Crippen LogP contribution is 2.01. The van der Waals surface area contributed by atoms with Gasteiger partial charge in [-0.2, -0.15) is 0 Å². The molecule has 0 radical (unpaired) electrons. The first-order valence-corrected chi connectivity index (χ1v) is 5.39. The number of rotatable bonds is 7. The Labute approximate surface area is 100 Å². The number of carbonyl (C=O) groups is 2. The monoisotopic (exact) mass is 246 g/mol. The molecule has 0 spiro atoms. The molecule has 6 nitrogen and oxygen atoms in total. The highest BCUT2D eigenvalue weighted by Gasteiger charge is 2.02. The van der Waals surface area contributed by atoms with Crippen LogP contribution in [0.2, 0.25) is 0 Å². The van der Waals surface area contributed by atoms with Gasteiger partial charge in [-0.3, -0.25) is 9.59 Å². The quantitative estimate of drug-likeness (QED) is 0.315. The summed E-state index contributed by atoms with van der Waals surface area (Å²) in [7, 11) is 0. The van der Waals surface area contributed by atoms with Gasteiger partial charge in [-0.1, -0.05) is 12.7 Å². The Morgan fingerprint density at radius 3 is 2.18 bits per heavy atom. The molecule has 0 unspecified atom stereocenters. The summed E-state index contributed by atoms with van der Waals surface area (Å²) in [5.74, 6) is -1.13. The van der Waals surface area contributed by atoms with Gasteiger partial charge in [-0.05, 0) is 12.8 Å². The van der Waals surface area contributed by atoms with Gasteiger partial charge in [0.1, 0.15) is 19.8 Å². The normalized spacial score (nSPS) is 12.7. The minimum absolute atomic E-state index is 0.106. The fourth-order valence-electron chi connectivity index (χ4n) is 0.853. The lowest BCUT2D eigenvalue weighted by Gasteiger charge is -2.08. The first-order chi connectivity index (χ1) is 8.16. The number of aliphatic carboxylic acids is 1. The molecule has 0 aromatic rings. The number of ether oxygens (including phenoxy) is 1. The zero-order valence-electron chi connectivity index (χ0n) is 9.72. The molecule has 98 valence electrons. The Morgan fingerprint density at radius 1 is 1.24 bits per heavy atom. The van der Waals surface area contributed by atoms with Crippen molar-refractivity contribution in [3.8, 4) is 0 Å². The highest BCUT2D eigenvalue weighted by molar-refractivity contribution is 5.69. The minimum atomic E-state index is -0.834. The molecule has 0 aromatic heterocycles. The molecular weight excluding hydrogens is 228 g/mol. The van der Waals surface area contributed by atoms with Gasteiger partial charge in [0.15, 0.2) is 0 Å². The SMILES string of the molecule is C1COO1.C=CCOC(=O)CCCCC(=O)O. The summed E-state index contributed by atoms with van der Waals surface area (Å²) >= 11 is 0. The van der Waals surface area contributed by atoms with Crippen LogP contribution >= 0.6 is 0 Å². The molecular formula is C11H18O6. The minimum Gasteiger partial charge on any atom is -0.481 e. The molecule has 0 saturated carbocycles. The third-order valence-electron chi connectivity index (χ3n) is 1.72. The predicted octanol–water partition coefficient (Wildman–Crippen LogP) is 1.31. The number of carbonyl (C=O) groups excluding carboxylic acids is 1. The number of unbranched alkanes of at least 4 members (excludes halogenated alkanes) is 1. The van der Waals surface area contributed by atoms with Crippen LogP contribution in [0.4, 0.5) is 0 Å². The van der Waals surface area contributed by atoms with Gasteiger partial charge < -0.3 is 9.84 Å². The second kappa shape index (κ2) is 11.1. The molecule has 6 heteroatoms. The van der Waals surface area contributed by atoms with E-state index in [1.807, 2.05) is 0 Å². The van der Waals surface area contributed by atoms with Crippen LogP contribution in [0, 0.1) is 0 Å². The van der Waals surface area contributed by atoms with E-state index < -0.39 is 5.97 Å². The maximum atomic E-state index is 10.8. The Bertz CT molecular complexity index is 230. The standard InChI is InChI=1S/C9H14O4.C2H4O2/c1-2-7-13-9(12)6-4-3-5-8(10)11;1-2-4-3-1/h2H,1,3-7H2,(H,10,11);1-2H2. The van der Waals surface area contributed by atoms with E-state index >= 15 is 0 Å². The van der Waals surface area contributed by atoms with Crippen molar-refractivity contribution >= 4 is 11.9 Å². The van der Waals surface area contributed by atoms with Crippen LogP contribution in [0.5, 0.6) is 0 Å². The van der Waals surface area contributed by atoms with Crippen molar-refractivity contribution in [2.24, 2.45) is 0 Å². The van der Waals surface area contributed by atoms with Crippen molar-refractivity contribution in [1.82, 2.24) is 0 Å². The van der Waals surface area contributed by atoms with E-state index in [9.17, 15) is 9.59 Å². The summed E-state index contributed by atoms with van der Waals surface area (Å²) in [6.07, 6.45) is 2.95. The molecule has 1 N–H and O–H groups in total. The van der Waals surface area contributed by atoms with E-state index in [1.54, 1.807) is 0 Å². The van der Waals surface area contributed by atoms with Crippen molar-refractivity contribution in [2.75, 3.05) is 19.8 Å². The van der Waals surface area contributed by atoms with Gasteiger partial charge >= 0.3 is 11.9 Å². The van der Waals surface area contributed by atoms with Crippen LogP contribution < -0.4 is 0 Å². The maximum absolute atomic E-state index is 10.8. The fourth-order valence-corrected chi connectivity index (χ4v) is 0.853. The van der Waals surface area contributed by atoms with E-state index in [0.717, 1.165) is 13.2 Å². The number of esters is 1. The summed E-state index contributed by atoms with van der Waals surface area (Å²) in [5.41, 5.74) is 0. The van der Waals surface area contributed by atoms with Crippen LogP contribution in [-0.2, 0) is 24.1 Å². The average molecular weight is 246 g/mol. The first-order valence-electron chi connectivity index (χ1n) is 5.39. The maximum Gasteiger partial charge on any atom is 0.306 e. The predicted molar refractivity (Wildman–Crippen MR) is 59.2 cm³/mol. The first kappa shape index (κ1) is 15.6. The van der Waals surface area contributed by atoms with E-state index in [-0.39, 0.29) is 25.4 Å². The number of hydrogen-bond acceptors (Lipinski definition) is 5. The summed E-state index contributed by atoms with van der Waals surface area (Å²) < 4.78 is 4.69. The third-order valence-corrected chi connectivity index (χ3v) is 1.72. The molecule has 1 aliphatic rings. The van der Waals surface area contributed by atoms with Crippen LogP contribution in [0.15, 0.2) is 12.7 Å². The molecule has 1 heterocycles. The van der Waals surface area contributed by atoms with E-state index in [1.165, 1.54) is 6.08 Å². The van der Waals surface area contributed by atoms with E-state index in [2.05, 4.69) is 16.4 Å². The van der Waals surface area contributed by atoms with E-state index in [0.29, 0.717) is 12.8 Å². The molecule has 0 aromatic carbocycles. The van der Waals surface area contributed by atoms with Gasteiger partial charge in [0.05, 0.1) is 0 Å². The van der Waals surface area contributed by atoms with Crippen molar-refractivity contribution in [2.45, 2.75) is 25.7 Å². The zero-order valence-corrected chi connectivity index (χ0v) is 9.72. The van der Waals surface area contributed by atoms with Crippen molar-refractivity contribution in [3.63, 3.8) is 0 Å². The van der Waals surface area contributed by atoms with Gasteiger partial charge in [0.2, 0.25) is 0 Å². The number of carboxylic acids is 1. The molecule has 0 bridgehead atoms. The number of hydrogen-bond donors (Lipinski definition) is 1. The Balaban J connectivity index is 0.000000529. The zero-order chi connectivity index (χ0) is 12.9. The largest absolute Gasteiger partial charge is 0.481 e. The van der Waals surface area contributed by atoms with E-state index in [4.69, 9.17) is 9.84 Å². The number of carboxylic acid groups (broad SMARTS) is 1. The van der Waals surface area contributed by atoms with Crippen LogP contribution in [-0.4, -0.2) is 36.9 Å². The van der Waals surface area contributed by atoms with Crippen molar-refractivity contribution in [3.05, 3.63) is 12.7 Å². The second-order valence-electron chi connectivity index (χ2n) is 3.22. The fraction of sp³-hybridized carbons (Fsp3) is 0.636. The third kappa shape index (κ3) is 12.5. The lowest BCUT2D eigenvalue weighted by molar-refractivity contribution is -0.382. The second-order valence-corrected chi connectivity index (χ2v) is 3.22. The molecule has 1 saturated heterocycles. The lowest BCUT2D eigenvalue weighted by Crippen LogP contribution is -2.14. The van der Waals surface area contributed by atoms with Crippen molar-refractivity contribution < 1.29 is 29.2 Å². The van der Waals surface area contributed by atoms with Crippen LogP contribution in [0.3, 0.4) is 0 Å². The van der Waals surface area contributed by atoms with Gasteiger partial charge in [-0.15, -0.1) is 0 Å². The smallest absolute Gasteiger partial charge is 0.306 e. The Hall–Kier alpha value is -1.40. The topological polar surface area (TPSA) is 82.1 Å². The molecule has 0 atom stereocenters. The highest BCUT2D eigenvalue weighted by atomic mass is 17.2. The van der Waals surface area contributed by atoms with Crippen LogP contribution in [0.1, 0.15) is 25.7 Å². The molecule has 1 aliphatic heterocycles. The summed E-state index contributed by atoms with van der Waals surface area (Å²) in [6.45, 7) is 5.17. The van der Waals surface area contributed by atoms with Gasteiger partial charge in [0.25, 0.3) is 0 Å².